The molecular formula is C9H15N7O3. The molecule has 0 aromatic carbocycles. The number of nitrogens with zero attached hydrogens (tertiary/aromatic N) is 3. The van der Waals surface area contributed by atoms with Crippen molar-refractivity contribution in [3.05, 3.63) is 15.8 Å². The molecule has 0 radical (unpaired) electrons. The van der Waals surface area contributed by atoms with E-state index in [1.807, 2.05) is 0 Å². The number of nitro groups is 1. The Morgan fingerprint density at radius 2 is 2.11 bits per heavy atom. The minimum absolute atomic E-state index is 0.0517. The molecule has 0 aliphatic rings. The summed E-state index contributed by atoms with van der Waals surface area (Å²) in [6, 6.07) is 0. The van der Waals surface area contributed by atoms with E-state index < -0.39 is 4.92 Å². The average Bonchev–Trinajstić information content (AvgIpc) is 2.33. The van der Waals surface area contributed by atoms with E-state index in [4.69, 9.17) is 5.84 Å². The van der Waals surface area contributed by atoms with Crippen LogP contribution in [0, 0.1) is 17.0 Å². The number of hydrogen-bond donors (Lipinski definition) is 4. The van der Waals surface area contributed by atoms with Crippen molar-refractivity contribution in [3.8, 4) is 0 Å². The maximum atomic E-state index is 10.9. The summed E-state index contributed by atoms with van der Waals surface area (Å²) in [4.78, 5) is 28.8. The third kappa shape index (κ3) is 4.03. The Morgan fingerprint density at radius 3 is 2.63 bits per heavy atom. The van der Waals surface area contributed by atoms with Crippen LogP contribution >= 0.6 is 0 Å². The summed E-state index contributed by atoms with van der Waals surface area (Å²) in [6.45, 7) is 3.48. The Labute approximate surface area is 108 Å². The highest BCUT2D eigenvalue weighted by Gasteiger charge is 2.21. The maximum absolute atomic E-state index is 10.9. The van der Waals surface area contributed by atoms with Crippen LogP contribution in [-0.2, 0) is 4.79 Å². The lowest BCUT2D eigenvalue weighted by molar-refractivity contribution is -0.385. The maximum Gasteiger partial charge on any atom is 0.332 e. The molecule has 0 fully saturated rings. The van der Waals surface area contributed by atoms with E-state index in [0.29, 0.717) is 13.1 Å². The number of nitrogens with one attached hydrogen (secondary N) is 3. The number of carbonyl (C=O) groups excluding carboxylic acids is 1. The van der Waals surface area contributed by atoms with Gasteiger partial charge in [0.1, 0.15) is 5.69 Å². The van der Waals surface area contributed by atoms with E-state index in [9.17, 15) is 14.9 Å². The van der Waals surface area contributed by atoms with Gasteiger partial charge >= 0.3 is 5.69 Å². The lowest BCUT2D eigenvalue weighted by Crippen LogP contribution is -2.27. The largest absolute Gasteiger partial charge is 0.362 e. The van der Waals surface area contributed by atoms with Crippen molar-refractivity contribution in [3.63, 3.8) is 0 Å². The highest BCUT2D eigenvalue weighted by molar-refractivity contribution is 5.72. The minimum atomic E-state index is -0.573. The molecular weight excluding hydrogens is 254 g/mol. The van der Waals surface area contributed by atoms with Crippen molar-refractivity contribution >= 4 is 23.4 Å². The summed E-state index contributed by atoms with van der Waals surface area (Å²) in [6.07, 6.45) is 0. The molecule has 0 unspecified atom stereocenters. The number of nitrogens with two attached hydrogens (primary N) is 1. The third-order valence-electron chi connectivity index (χ3n) is 2.16. The second-order valence-corrected chi connectivity index (χ2v) is 3.64. The molecule has 1 heterocycles. The molecule has 10 heteroatoms. The summed E-state index contributed by atoms with van der Waals surface area (Å²) < 4.78 is 0. The number of anilines is 2. The topological polar surface area (TPSA) is 148 Å². The Morgan fingerprint density at radius 1 is 1.42 bits per heavy atom. The molecule has 0 saturated carbocycles. The summed E-state index contributed by atoms with van der Waals surface area (Å²) in [5.74, 6) is 5.12. The summed E-state index contributed by atoms with van der Waals surface area (Å²) >= 11 is 0. The van der Waals surface area contributed by atoms with Crippen molar-refractivity contribution in [1.82, 2.24) is 15.3 Å². The first-order valence-electron chi connectivity index (χ1n) is 5.43. The molecule has 0 aliphatic carbocycles. The first-order chi connectivity index (χ1) is 8.95. The van der Waals surface area contributed by atoms with Gasteiger partial charge in [-0.1, -0.05) is 0 Å². The van der Waals surface area contributed by atoms with Crippen LogP contribution in [0.3, 0.4) is 0 Å². The molecule has 1 aromatic rings. The number of amides is 1. The smallest absolute Gasteiger partial charge is 0.332 e. The SMILES string of the molecule is CC(=O)NCCNc1nc(NN)nc(C)c1[N+](=O)[O-]. The van der Waals surface area contributed by atoms with Crippen molar-refractivity contribution in [1.29, 1.82) is 0 Å². The zero-order chi connectivity index (χ0) is 14.4. The first kappa shape index (κ1) is 14.6. The van der Waals surface area contributed by atoms with Crippen LogP contribution in [0.2, 0.25) is 0 Å². The second-order valence-electron chi connectivity index (χ2n) is 3.64. The normalized spacial score (nSPS) is 9.84. The van der Waals surface area contributed by atoms with Gasteiger partial charge in [-0.05, 0) is 6.92 Å². The Kier molecular flexibility index (Phi) is 4.94. The van der Waals surface area contributed by atoms with Crippen LogP contribution in [-0.4, -0.2) is 33.9 Å². The van der Waals surface area contributed by atoms with E-state index in [1.54, 1.807) is 0 Å². The molecule has 0 atom stereocenters. The molecule has 0 bridgehead atoms. The molecule has 1 amide bonds. The predicted octanol–water partition coefficient (Wildman–Crippen LogP) is -0.473. The lowest BCUT2D eigenvalue weighted by Gasteiger charge is -2.09. The van der Waals surface area contributed by atoms with Gasteiger partial charge in [0.25, 0.3) is 0 Å². The molecule has 19 heavy (non-hydrogen) atoms. The predicted molar refractivity (Wildman–Crippen MR) is 68.4 cm³/mol. The third-order valence-corrected chi connectivity index (χ3v) is 2.16. The Bertz CT molecular complexity index is 491. The number of hydrogen-bond acceptors (Lipinski definition) is 8. The van der Waals surface area contributed by atoms with Crippen LogP contribution in [0.5, 0.6) is 0 Å². The second kappa shape index (κ2) is 6.44. The van der Waals surface area contributed by atoms with Gasteiger partial charge in [0.2, 0.25) is 17.7 Å². The van der Waals surface area contributed by atoms with Gasteiger partial charge in [0.05, 0.1) is 4.92 Å². The Hall–Kier alpha value is -2.49. The van der Waals surface area contributed by atoms with Gasteiger partial charge in [0, 0.05) is 20.0 Å². The highest BCUT2D eigenvalue weighted by Crippen LogP contribution is 2.25. The van der Waals surface area contributed by atoms with Crippen molar-refractivity contribution in [2.75, 3.05) is 23.8 Å². The molecule has 1 rings (SSSR count). The molecule has 0 spiro atoms. The monoisotopic (exact) mass is 269 g/mol. The molecule has 0 aliphatic heterocycles. The fraction of sp³-hybridized carbons (Fsp3) is 0.444. The van der Waals surface area contributed by atoms with E-state index in [-0.39, 0.29) is 29.1 Å². The standard InChI is InChI=1S/C9H15N7O3/c1-5-7(16(18)19)8(14-9(13-5)15-10)12-4-3-11-6(2)17/h3-4,10H2,1-2H3,(H,11,17)(H2,12,13,14,15). The zero-order valence-corrected chi connectivity index (χ0v) is 10.6. The number of aryl methyl sites for hydroxylation is 1. The van der Waals surface area contributed by atoms with Gasteiger partial charge in [0.15, 0.2) is 0 Å². The van der Waals surface area contributed by atoms with E-state index in [1.165, 1.54) is 13.8 Å². The van der Waals surface area contributed by atoms with Crippen molar-refractivity contribution in [2.24, 2.45) is 5.84 Å². The number of nitrogen functional groups attached to an aromatic ring is 1. The van der Waals surface area contributed by atoms with Gasteiger partial charge < -0.3 is 10.6 Å². The van der Waals surface area contributed by atoms with Crippen LogP contribution in [0.1, 0.15) is 12.6 Å². The summed E-state index contributed by atoms with van der Waals surface area (Å²) in [5.41, 5.74) is 2.20. The quantitative estimate of drug-likeness (QED) is 0.234. The van der Waals surface area contributed by atoms with E-state index in [0.717, 1.165) is 0 Å². The number of rotatable bonds is 6. The van der Waals surface area contributed by atoms with Crippen LogP contribution in [0.25, 0.3) is 0 Å². The zero-order valence-electron chi connectivity index (χ0n) is 10.6. The molecule has 5 N–H and O–H groups in total. The van der Waals surface area contributed by atoms with Crippen LogP contribution < -0.4 is 21.9 Å². The highest BCUT2D eigenvalue weighted by atomic mass is 16.6. The average molecular weight is 269 g/mol. The van der Waals surface area contributed by atoms with E-state index in [2.05, 4.69) is 26.0 Å². The number of hydrazine groups is 1. The lowest BCUT2D eigenvalue weighted by atomic mass is 10.3. The molecule has 0 saturated heterocycles. The van der Waals surface area contributed by atoms with Gasteiger partial charge in [-0.3, -0.25) is 20.3 Å². The van der Waals surface area contributed by atoms with Gasteiger partial charge in [-0.15, -0.1) is 0 Å². The molecule has 10 nitrogen and oxygen atoms in total. The van der Waals surface area contributed by atoms with Crippen molar-refractivity contribution < 1.29 is 9.72 Å². The first-order valence-corrected chi connectivity index (χ1v) is 5.43. The number of carbonyl (C=O) groups is 1. The van der Waals surface area contributed by atoms with Crippen LogP contribution in [0.15, 0.2) is 0 Å². The van der Waals surface area contributed by atoms with Crippen LogP contribution in [0.4, 0.5) is 17.5 Å². The Balaban J connectivity index is 2.87. The number of aromatic nitrogens is 2. The fourth-order valence-electron chi connectivity index (χ4n) is 1.39. The van der Waals surface area contributed by atoms with E-state index >= 15 is 0 Å². The van der Waals surface area contributed by atoms with Gasteiger partial charge in [-0.25, -0.2) is 10.8 Å². The molecule has 1 aromatic heterocycles. The summed E-state index contributed by atoms with van der Waals surface area (Å²) in [7, 11) is 0. The minimum Gasteiger partial charge on any atom is -0.362 e. The summed E-state index contributed by atoms with van der Waals surface area (Å²) in [5, 5.41) is 16.3. The molecule has 104 valence electrons. The fourth-order valence-corrected chi connectivity index (χ4v) is 1.39. The van der Waals surface area contributed by atoms with Crippen molar-refractivity contribution in [2.45, 2.75) is 13.8 Å². The van der Waals surface area contributed by atoms with Gasteiger partial charge in [-0.2, -0.15) is 4.98 Å².